The van der Waals surface area contributed by atoms with E-state index in [1.165, 1.54) is 6.92 Å². The first-order valence-corrected chi connectivity index (χ1v) is 3.63. The molecule has 1 aromatic rings. The molecule has 0 unspecified atom stereocenters. The van der Waals surface area contributed by atoms with Gasteiger partial charge in [-0.25, -0.2) is 4.79 Å². The fourth-order valence-electron chi connectivity index (χ4n) is 1.17. The monoisotopic (exact) mass is 189 g/mol. The number of nitrogens with one attached hydrogen (secondary N) is 1. The van der Waals surface area contributed by atoms with E-state index in [2.05, 4.69) is 4.98 Å². The third-order valence-electron chi connectivity index (χ3n) is 1.76. The highest BCUT2D eigenvalue weighted by Gasteiger charge is 2.42. The van der Waals surface area contributed by atoms with Crippen molar-refractivity contribution in [2.24, 2.45) is 0 Å². The molecule has 0 aromatic carbocycles. The summed E-state index contributed by atoms with van der Waals surface area (Å²) in [4.78, 5) is 12.8. The number of H-pyrrole nitrogens is 1. The lowest BCUT2D eigenvalue weighted by molar-refractivity contribution is -0.166. The Morgan fingerprint density at radius 2 is 2.08 bits per heavy atom. The normalized spacial score (nSPS) is 11.7. The average molecular weight is 189 g/mol. The second kappa shape index (κ2) is 2.83. The SMILES string of the molecule is Cc1cc(C(F)(F)C(=O)O)c(C)[nH]1. The van der Waals surface area contributed by atoms with E-state index in [-0.39, 0.29) is 5.69 Å². The number of aryl methyl sites for hydroxylation is 2. The van der Waals surface area contributed by atoms with Crippen LogP contribution in [0.1, 0.15) is 17.0 Å². The highest BCUT2D eigenvalue weighted by atomic mass is 19.3. The van der Waals surface area contributed by atoms with Crippen molar-refractivity contribution in [3.63, 3.8) is 0 Å². The van der Waals surface area contributed by atoms with Crippen molar-refractivity contribution in [1.29, 1.82) is 0 Å². The number of hydrogen-bond donors (Lipinski definition) is 2. The standard InChI is InChI=1S/C8H9F2NO2/c1-4-3-6(5(2)11-4)8(9,10)7(12)13/h3,11H,1-2H3,(H,12,13). The third kappa shape index (κ3) is 1.54. The van der Waals surface area contributed by atoms with Gasteiger partial charge in [-0.2, -0.15) is 8.78 Å². The lowest BCUT2D eigenvalue weighted by atomic mass is 10.1. The molecule has 5 heteroatoms. The van der Waals surface area contributed by atoms with Crippen molar-refractivity contribution < 1.29 is 18.7 Å². The molecule has 0 aliphatic rings. The summed E-state index contributed by atoms with van der Waals surface area (Å²) in [6.07, 6.45) is 0. The minimum atomic E-state index is -3.81. The van der Waals surface area contributed by atoms with Crippen LogP contribution >= 0.6 is 0 Å². The van der Waals surface area contributed by atoms with E-state index in [4.69, 9.17) is 5.11 Å². The van der Waals surface area contributed by atoms with Crippen molar-refractivity contribution in [2.45, 2.75) is 19.8 Å². The van der Waals surface area contributed by atoms with Gasteiger partial charge in [-0.3, -0.25) is 0 Å². The number of alkyl halides is 2. The van der Waals surface area contributed by atoms with E-state index in [1.54, 1.807) is 6.92 Å². The van der Waals surface area contributed by atoms with E-state index in [9.17, 15) is 13.6 Å². The summed E-state index contributed by atoms with van der Waals surface area (Å²) >= 11 is 0. The van der Waals surface area contributed by atoms with Crippen LogP contribution in [0.3, 0.4) is 0 Å². The quantitative estimate of drug-likeness (QED) is 0.745. The molecule has 0 aliphatic heterocycles. The van der Waals surface area contributed by atoms with Crippen molar-refractivity contribution in [1.82, 2.24) is 4.98 Å². The summed E-state index contributed by atoms with van der Waals surface area (Å²) in [5, 5.41) is 8.26. The molecule has 0 atom stereocenters. The Labute approximate surface area is 73.4 Å². The molecule has 1 aromatic heterocycles. The van der Waals surface area contributed by atoms with Crippen molar-refractivity contribution in [3.05, 3.63) is 23.0 Å². The van der Waals surface area contributed by atoms with Gasteiger partial charge in [0.2, 0.25) is 0 Å². The lowest BCUT2D eigenvalue weighted by Gasteiger charge is -2.09. The average Bonchev–Trinajstić information content (AvgIpc) is 2.30. The summed E-state index contributed by atoms with van der Waals surface area (Å²) in [6.45, 7) is 3.01. The first-order valence-electron chi connectivity index (χ1n) is 3.63. The van der Waals surface area contributed by atoms with Crippen LogP contribution in [0.5, 0.6) is 0 Å². The van der Waals surface area contributed by atoms with Crippen LogP contribution in [0, 0.1) is 13.8 Å². The van der Waals surface area contributed by atoms with Crippen LogP contribution < -0.4 is 0 Å². The molecule has 1 rings (SSSR count). The van der Waals surface area contributed by atoms with Crippen LogP contribution in [0.15, 0.2) is 6.07 Å². The minimum Gasteiger partial charge on any atom is -0.477 e. The maximum atomic E-state index is 12.9. The second-order valence-electron chi connectivity index (χ2n) is 2.87. The van der Waals surface area contributed by atoms with Crippen molar-refractivity contribution >= 4 is 5.97 Å². The molecule has 3 nitrogen and oxygen atoms in total. The summed E-state index contributed by atoms with van der Waals surface area (Å²) in [7, 11) is 0. The van der Waals surface area contributed by atoms with Gasteiger partial charge < -0.3 is 10.1 Å². The van der Waals surface area contributed by atoms with Crippen LogP contribution in [-0.4, -0.2) is 16.1 Å². The van der Waals surface area contributed by atoms with Gasteiger partial charge in [0.25, 0.3) is 0 Å². The zero-order valence-corrected chi connectivity index (χ0v) is 7.19. The molecule has 0 bridgehead atoms. The zero-order chi connectivity index (χ0) is 10.2. The van der Waals surface area contributed by atoms with Gasteiger partial charge in [0, 0.05) is 11.4 Å². The highest BCUT2D eigenvalue weighted by molar-refractivity contribution is 5.77. The topological polar surface area (TPSA) is 53.1 Å². The molecule has 1 heterocycles. The first kappa shape index (κ1) is 9.70. The van der Waals surface area contributed by atoms with Gasteiger partial charge in [0.1, 0.15) is 0 Å². The summed E-state index contributed by atoms with van der Waals surface area (Å²) in [5.41, 5.74) is 0.232. The van der Waals surface area contributed by atoms with Gasteiger partial charge in [-0.05, 0) is 19.9 Å². The molecule has 2 N–H and O–H groups in total. The Morgan fingerprint density at radius 1 is 1.54 bits per heavy atom. The molecule has 0 radical (unpaired) electrons. The van der Waals surface area contributed by atoms with E-state index < -0.39 is 17.5 Å². The molecule has 0 saturated heterocycles. The largest absolute Gasteiger partial charge is 0.477 e. The number of carboxylic acids is 1. The second-order valence-corrected chi connectivity index (χ2v) is 2.87. The number of rotatable bonds is 2. The predicted molar refractivity (Wildman–Crippen MR) is 41.8 cm³/mol. The number of halogens is 2. The summed E-state index contributed by atoms with van der Waals surface area (Å²) in [6, 6.07) is 1.14. The number of hydrogen-bond acceptors (Lipinski definition) is 1. The fraction of sp³-hybridized carbons (Fsp3) is 0.375. The fourth-order valence-corrected chi connectivity index (χ4v) is 1.17. The minimum absolute atomic E-state index is 0.185. The van der Waals surface area contributed by atoms with E-state index in [1.807, 2.05) is 0 Å². The van der Waals surface area contributed by atoms with Gasteiger partial charge in [0.15, 0.2) is 0 Å². The maximum Gasteiger partial charge on any atom is 0.379 e. The van der Waals surface area contributed by atoms with Crippen LogP contribution in [-0.2, 0) is 10.7 Å². The highest BCUT2D eigenvalue weighted by Crippen LogP contribution is 2.31. The smallest absolute Gasteiger partial charge is 0.379 e. The molecular weight excluding hydrogens is 180 g/mol. The maximum absolute atomic E-state index is 12.9. The molecular formula is C8H9F2NO2. The van der Waals surface area contributed by atoms with Gasteiger partial charge in [0.05, 0.1) is 5.56 Å². The number of aromatic amines is 1. The Kier molecular flexibility index (Phi) is 2.11. The van der Waals surface area contributed by atoms with Gasteiger partial charge >= 0.3 is 11.9 Å². The zero-order valence-electron chi connectivity index (χ0n) is 7.19. The van der Waals surface area contributed by atoms with Crippen molar-refractivity contribution in [3.8, 4) is 0 Å². The molecule has 72 valence electrons. The first-order chi connectivity index (χ1) is 5.85. The molecule has 13 heavy (non-hydrogen) atoms. The van der Waals surface area contributed by atoms with E-state index in [0.717, 1.165) is 6.07 Å². The number of carboxylic acid groups (broad SMARTS) is 1. The van der Waals surface area contributed by atoms with Crippen LogP contribution in [0.25, 0.3) is 0 Å². The van der Waals surface area contributed by atoms with Crippen molar-refractivity contribution in [2.75, 3.05) is 0 Å². The van der Waals surface area contributed by atoms with E-state index in [0.29, 0.717) is 5.69 Å². The molecule has 0 spiro atoms. The third-order valence-corrected chi connectivity index (χ3v) is 1.76. The summed E-state index contributed by atoms with van der Waals surface area (Å²) < 4.78 is 25.9. The number of aromatic nitrogens is 1. The molecule has 0 fully saturated rings. The Hall–Kier alpha value is -1.39. The lowest BCUT2D eigenvalue weighted by Crippen LogP contribution is -2.25. The van der Waals surface area contributed by atoms with E-state index >= 15 is 0 Å². The Balaban J connectivity index is 3.21. The molecule has 0 amide bonds. The van der Waals surface area contributed by atoms with Crippen LogP contribution in [0.2, 0.25) is 0 Å². The van der Waals surface area contributed by atoms with Crippen LogP contribution in [0.4, 0.5) is 8.78 Å². The Bertz CT molecular complexity index is 344. The van der Waals surface area contributed by atoms with Gasteiger partial charge in [-0.15, -0.1) is 0 Å². The predicted octanol–water partition coefficient (Wildman–Crippen LogP) is 1.81. The Morgan fingerprint density at radius 3 is 2.38 bits per heavy atom. The summed E-state index contributed by atoms with van der Waals surface area (Å²) in [5.74, 6) is -5.94. The molecule has 0 saturated carbocycles. The molecule has 0 aliphatic carbocycles. The number of carbonyl (C=O) groups is 1. The van der Waals surface area contributed by atoms with Gasteiger partial charge in [-0.1, -0.05) is 0 Å². The number of aliphatic carboxylic acids is 1.